The Bertz CT molecular complexity index is 2010. The van der Waals surface area contributed by atoms with Gasteiger partial charge in [-0.15, -0.1) is 0 Å². The predicted molar refractivity (Wildman–Crippen MR) is 200 cm³/mol. The molecule has 2 amide bonds. The van der Waals surface area contributed by atoms with Crippen LogP contribution in [-0.2, 0) is 16.1 Å². The van der Waals surface area contributed by atoms with Crippen molar-refractivity contribution in [3.05, 3.63) is 63.9 Å². The van der Waals surface area contributed by atoms with Crippen LogP contribution in [0.5, 0.6) is 0 Å². The van der Waals surface area contributed by atoms with Gasteiger partial charge in [0.15, 0.2) is 5.78 Å². The molecule has 2 bridgehead atoms. The van der Waals surface area contributed by atoms with Gasteiger partial charge < -0.3 is 15.1 Å². The summed E-state index contributed by atoms with van der Waals surface area (Å²) < 4.78 is 2.35. The molecule has 1 aromatic carbocycles. The number of aryl methyl sites for hydroxylation is 2. The summed E-state index contributed by atoms with van der Waals surface area (Å²) in [6, 6.07) is 7.20. The zero-order valence-electron chi connectivity index (χ0n) is 30.4. The Hall–Kier alpha value is -4.03. The number of carbonyl (C=O) groups excluding carboxylic acids is 3. The predicted octanol–water partition coefficient (Wildman–Crippen LogP) is 6.71. The number of piperidine rings is 1. The molecule has 268 valence electrons. The van der Waals surface area contributed by atoms with Crippen LogP contribution in [0.2, 0.25) is 0 Å². The lowest BCUT2D eigenvalue weighted by atomic mass is 9.83. The molecule has 5 atom stereocenters. The summed E-state index contributed by atoms with van der Waals surface area (Å²) in [7, 11) is 2.16. The quantitative estimate of drug-likeness (QED) is 0.180. The van der Waals surface area contributed by atoms with Crippen molar-refractivity contribution in [1.82, 2.24) is 34.5 Å². The molecule has 1 saturated heterocycles. The number of halogens is 1. The molecule has 3 aliphatic rings. The van der Waals surface area contributed by atoms with Gasteiger partial charge >= 0.3 is 0 Å². The maximum Gasteiger partial charge on any atom is 0.248 e. The SMILES string of the molecule is CC(=O)c1nn2c3c(cc(-c4cnc(C)nc4)cc13)C(C)C(C)CCCCCN(C)C[C@@]13C[C@@H](C(=O)Nc4nc(Br)ccc4C)N(C(=O)C2)[C@@H]1C3. The molecule has 0 radical (unpaired) electrons. The lowest BCUT2D eigenvalue weighted by Gasteiger charge is -2.28. The van der Waals surface area contributed by atoms with E-state index < -0.39 is 6.04 Å². The molecule has 4 aromatic rings. The maximum absolute atomic E-state index is 14.7. The topological polar surface area (TPSA) is 126 Å². The molecule has 2 unspecified atom stereocenters. The second-order valence-corrected chi connectivity index (χ2v) is 16.1. The number of hydrogen-bond donors (Lipinski definition) is 1. The second kappa shape index (κ2) is 13.8. The number of hydrogen-bond acceptors (Lipinski definition) is 8. The Morgan fingerprint density at radius 2 is 1.78 bits per heavy atom. The van der Waals surface area contributed by atoms with E-state index in [2.05, 4.69) is 68.1 Å². The summed E-state index contributed by atoms with van der Waals surface area (Å²) in [6.45, 7) is 11.5. The van der Waals surface area contributed by atoms with Gasteiger partial charge in [-0.25, -0.2) is 15.0 Å². The largest absolute Gasteiger partial charge is 0.325 e. The van der Waals surface area contributed by atoms with Gasteiger partial charge in [-0.05, 0) is 109 Å². The Balaban J connectivity index is 1.32. The fourth-order valence-electron chi connectivity index (χ4n) is 8.46. The highest BCUT2D eigenvalue weighted by atomic mass is 79.9. The van der Waals surface area contributed by atoms with Crippen LogP contribution in [0.25, 0.3) is 22.0 Å². The van der Waals surface area contributed by atoms with E-state index in [-0.39, 0.29) is 41.5 Å². The third-order valence-corrected chi connectivity index (χ3v) is 12.0. The van der Waals surface area contributed by atoms with Crippen molar-refractivity contribution >= 4 is 50.2 Å². The molecule has 1 aliphatic carbocycles. The van der Waals surface area contributed by atoms with E-state index in [0.29, 0.717) is 34.3 Å². The maximum atomic E-state index is 14.7. The van der Waals surface area contributed by atoms with Gasteiger partial charge in [0.2, 0.25) is 11.8 Å². The summed E-state index contributed by atoms with van der Waals surface area (Å²) in [6.07, 6.45) is 9.50. The number of benzene rings is 1. The average molecular weight is 756 g/mol. The van der Waals surface area contributed by atoms with Crippen LogP contribution in [0.15, 0.2) is 41.3 Å². The smallest absolute Gasteiger partial charge is 0.248 e. The van der Waals surface area contributed by atoms with Crippen molar-refractivity contribution in [2.75, 3.05) is 25.5 Å². The first kappa shape index (κ1) is 35.4. The van der Waals surface area contributed by atoms with Crippen LogP contribution in [-0.4, -0.2) is 84.4 Å². The number of nitrogens with one attached hydrogen (secondary N) is 1. The second-order valence-electron chi connectivity index (χ2n) is 15.3. The average Bonchev–Trinajstić information content (AvgIpc) is 3.48. The number of rotatable bonds is 4. The molecule has 12 heteroatoms. The summed E-state index contributed by atoms with van der Waals surface area (Å²) in [5, 5.41) is 8.61. The van der Waals surface area contributed by atoms with Gasteiger partial charge in [-0.3, -0.25) is 19.1 Å². The molecule has 2 fully saturated rings. The van der Waals surface area contributed by atoms with Gasteiger partial charge in [-0.1, -0.05) is 39.2 Å². The Morgan fingerprint density at radius 3 is 2.53 bits per heavy atom. The van der Waals surface area contributed by atoms with Gasteiger partial charge in [0.05, 0.1) is 5.52 Å². The Labute approximate surface area is 307 Å². The minimum Gasteiger partial charge on any atom is -0.325 e. The number of aromatic nitrogens is 5. The molecule has 0 spiro atoms. The highest BCUT2D eigenvalue weighted by Crippen LogP contribution is 2.60. The number of amides is 2. The van der Waals surface area contributed by atoms with Crippen LogP contribution in [0.4, 0.5) is 5.82 Å². The lowest BCUT2D eigenvalue weighted by molar-refractivity contribution is -0.138. The minimum atomic E-state index is -0.649. The Morgan fingerprint density at radius 1 is 1.02 bits per heavy atom. The molecule has 51 heavy (non-hydrogen) atoms. The van der Waals surface area contributed by atoms with E-state index in [1.807, 2.05) is 49.3 Å². The number of Topliss-reactive ketones (excluding diaryl/α,β-unsaturated/α-hetero) is 1. The molecular formula is C39H47BrN8O3. The van der Waals surface area contributed by atoms with Crippen LogP contribution >= 0.6 is 15.9 Å². The van der Waals surface area contributed by atoms with E-state index in [0.717, 1.165) is 78.4 Å². The third-order valence-electron chi connectivity index (χ3n) is 11.5. The first-order chi connectivity index (χ1) is 24.3. The number of anilines is 1. The summed E-state index contributed by atoms with van der Waals surface area (Å²) in [5.74, 6) is 1.05. The van der Waals surface area contributed by atoms with Crippen molar-refractivity contribution in [2.45, 2.75) is 97.7 Å². The monoisotopic (exact) mass is 754 g/mol. The van der Waals surface area contributed by atoms with Gasteiger partial charge in [0, 0.05) is 48.3 Å². The fraction of sp³-hybridized carbons (Fsp3) is 0.513. The fourth-order valence-corrected chi connectivity index (χ4v) is 8.77. The van der Waals surface area contributed by atoms with Crippen molar-refractivity contribution < 1.29 is 14.4 Å². The Kier molecular flexibility index (Phi) is 9.60. The first-order valence-corrected chi connectivity index (χ1v) is 18.9. The lowest BCUT2D eigenvalue weighted by Crippen LogP contribution is -2.47. The van der Waals surface area contributed by atoms with Crippen molar-refractivity contribution in [1.29, 1.82) is 0 Å². The zero-order valence-corrected chi connectivity index (χ0v) is 32.0. The van der Waals surface area contributed by atoms with Gasteiger partial charge in [0.25, 0.3) is 0 Å². The molecule has 3 aromatic heterocycles. The molecule has 1 saturated carbocycles. The normalized spacial score (nSPS) is 25.8. The molecule has 5 heterocycles. The highest BCUT2D eigenvalue weighted by Gasteiger charge is 2.67. The first-order valence-electron chi connectivity index (χ1n) is 18.1. The van der Waals surface area contributed by atoms with Gasteiger partial charge in [-0.2, -0.15) is 5.10 Å². The molecule has 7 rings (SSSR count). The molecule has 2 aliphatic heterocycles. The van der Waals surface area contributed by atoms with Crippen LogP contribution in [0, 0.1) is 25.2 Å². The molecular weight excluding hydrogens is 708 g/mol. The number of pyridine rings is 1. The van der Waals surface area contributed by atoms with E-state index in [4.69, 9.17) is 5.10 Å². The highest BCUT2D eigenvalue weighted by molar-refractivity contribution is 9.10. The van der Waals surface area contributed by atoms with Crippen molar-refractivity contribution in [2.24, 2.45) is 11.3 Å². The van der Waals surface area contributed by atoms with Crippen molar-refractivity contribution in [3.63, 3.8) is 0 Å². The minimum absolute atomic E-state index is 0.0453. The van der Waals surface area contributed by atoms with Crippen LogP contribution < -0.4 is 5.32 Å². The number of ketones is 1. The summed E-state index contributed by atoms with van der Waals surface area (Å²) in [4.78, 5) is 59.5. The molecule has 1 N–H and O–H groups in total. The number of nitrogens with zero attached hydrogens (tertiary/aromatic N) is 7. The van der Waals surface area contributed by atoms with E-state index >= 15 is 0 Å². The van der Waals surface area contributed by atoms with E-state index in [9.17, 15) is 14.4 Å². The number of carbonyl (C=O) groups is 3. The van der Waals surface area contributed by atoms with Gasteiger partial charge in [0.1, 0.15) is 34.5 Å². The van der Waals surface area contributed by atoms with E-state index in [1.54, 1.807) is 4.68 Å². The van der Waals surface area contributed by atoms with E-state index in [1.165, 1.54) is 6.92 Å². The van der Waals surface area contributed by atoms with Crippen LogP contribution in [0.1, 0.15) is 92.7 Å². The third kappa shape index (κ3) is 6.84. The van der Waals surface area contributed by atoms with Crippen LogP contribution in [0.3, 0.4) is 0 Å². The van der Waals surface area contributed by atoms with Crippen molar-refractivity contribution in [3.8, 4) is 11.1 Å². The summed E-state index contributed by atoms with van der Waals surface area (Å²) >= 11 is 3.42. The standard InChI is InChI=1S/C39H47BrN8O3/c1-22-10-8-7-9-13-46(6)21-39-16-31(38(51)44-37-23(2)11-12-33(40)43-37)48(32(39)17-39)34(50)20-47-36-29(24(22)3)14-27(28-18-41-26(5)42-19-28)15-30(36)35(45-47)25(4)49/h11-12,14-15,18-19,22,24,31-32H,7-10,13,16-17,20-21H2,1-6H3,(H,43,44,51)/t22?,24?,31-,32+,39-/m0/s1. The zero-order chi connectivity index (χ0) is 36.2. The summed E-state index contributed by atoms with van der Waals surface area (Å²) in [5.41, 5.74) is 4.64. The molecule has 11 nitrogen and oxygen atoms in total.